The first kappa shape index (κ1) is 25.1. The first-order chi connectivity index (χ1) is 17.3. The van der Waals surface area contributed by atoms with E-state index in [0.717, 1.165) is 17.1 Å². The third-order valence-corrected chi connectivity index (χ3v) is 9.76. The number of morpholine rings is 1. The topological polar surface area (TPSA) is 83.1 Å². The van der Waals surface area contributed by atoms with E-state index < -0.39 is 10.0 Å². The highest BCUT2D eigenvalue weighted by Crippen LogP contribution is 2.31. The third-order valence-electron chi connectivity index (χ3n) is 6.83. The molecule has 2 aliphatic heterocycles. The van der Waals surface area contributed by atoms with Gasteiger partial charge in [-0.1, -0.05) is 30.4 Å². The van der Waals surface area contributed by atoms with E-state index in [2.05, 4.69) is 30.0 Å². The van der Waals surface area contributed by atoms with E-state index >= 15 is 0 Å². The standard InChI is InChI=1S/C26H32N4O4S2/c1-4-20-6-5-7-23-24(20)27-26(35-23)29-14-12-28(13-15-29)25(31)21-8-10-22(11-9-21)36(32,33)30-16-18(2)34-19(3)17-30/h5-11,18-19H,4,12-17H2,1-3H3. The molecule has 2 aliphatic rings. The summed E-state index contributed by atoms with van der Waals surface area (Å²) in [5, 5.41) is 0.999. The minimum absolute atomic E-state index is 0.0789. The average Bonchev–Trinajstić information content (AvgIpc) is 3.32. The summed E-state index contributed by atoms with van der Waals surface area (Å²) in [7, 11) is -3.63. The molecule has 0 aliphatic carbocycles. The van der Waals surface area contributed by atoms with Crippen molar-refractivity contribution in [2.45, 2.75) is 44.3 Å². The molecule has 2 atom stereocenters. The Morgan fingerprint density at radius 2 is 1.69 bits per heavy atom. The molecule has 0 radical (unpaired) electrons. The lowest BCUT2D eigenvalue weighted by atomic mass is 10.1. The van der Waals surface area contributed by atoms with Gasteiger partial charge in [-0.05, 0) is 56.2 Å². The van der Waals surface area contributed by atoms with Crippen molar-refractivity contribution in [1.29, 1.82) is 0 Å². The molecule has 1 amide bonds. The Hall–Kier alpha value is -2.53. The largest absolute Gasteiger partial charge is 0.373 e. The summed E-state index contributed by atoms with van der Waals surface area (Å²) >= 11 is 1.70. The maximum atomic E-state index is 13.1. The number of carbonyl (C=O) groups excluding carboxylic acids is 1. The van der Waals surface area contributed by atoms with Crippen molar-refractivity contribution < 1.29 is 17.9 Å². The highest BCUT2D eigenvalue weighted by atomic mass is 32.2. The van der Waals surface area contributed by atoms with Crippen LogP contribution in [0.15, 0.2) is 47.4 Å². The number of hydrogen-bond acceptors (Lipinski definition) is 7. The van der Waals surface area contributed by atoms with Gasteiger partial charge in [-0.3, -0.25) is 4.79 Å². The number of sulfonamides is 1. The number of aryl methyl sites for hydroxylation is 1. The molecule has 2 fully saturated rings. The van der Waals surface area contributed by atoms with Crippen LogP contribution in [0.2, 0.25) is 0 Å². The molecule has 0 bridgehead atoms. The van der Waals surface area contributed by atoms with E-state index in [1.54, 1.807) is 23.5 Å². The van der Waals surface area contributed by atoms with Crippen LogP contribution in [0.25, 0.3) is 10.2 Å². The molecule has 0 saturated carbocycles. The molecular weight excluding hydrogens is 496 g/mol. The van der Waals surface area contributed by atoms with Crippen LogP contribution >= 0.6 is 11.3 Å². The lowest BCUT2D eigenvalue weighted by molar-refractivity contribution is -0.0440. The minimum atomic E-state index is -3.63. The van der Waals surface area contributed by atoms with Gasteiger partial charge < -0.3 is 14.5 Å². The van der Waals surface area contributed by atoms with Gasteiger partial charge in [0.2, 0.25) is 10.0 Å². The second-order valence-corrected chi connectivity index (χ2v) is 12.4. The van der Waals surface area contributed by atoms with E-state index in [1.807, 2.05) is 18.7 Å². The SMILES string of the molecule is CCc1cccc2sc(N3CCN(C(=O)c4ccc(S(=O)(=O)N5CC(C)OC(C)C5)cc4)CC3)nc12. The summed E-state index contributed by atoms with van der Waals surface area (Å²) in [6, 6.07) is 12.6. The number of piperazine rings is 1. The third kappa shape index (κ3) is 4.87. The molecule has 2 saturated heterocycles. The quantitative estimate of drug-likeness (QED) is 0.503. The summed E-state index contributed by atoms with van der Waals surface area (Å²) in [6.45, 7) is 9.16. The van der Waals surface area contributed by atoms with Gasteiger partial charge in [0.15, 0.2) is 5.13 Å². The highest BCUT2D eigenvalue weighted by Gasteiger charge is 2.32. The zero-order valence-corrected chi connectivity index (χ0v) is 22.5. The Labute approximate surface area is 216 Å². The number of thiazole rings is 1. The number of fused-ring (bicyclic) bond motifs is 1. The molecule has 5 rings (SSSR count). The number of rotatable bonds is 5. The van der Waals surface area contributed by atoms with Crippen molar-refractivity contribution in [3.63, 3.8) is 0 Å². The second-order valence-electron chi connectivity index (χ2n) is 9.50. The second kappa shape index (κ2) is 10.1. The van der Waals surface area contributed by atoms with Crippen molar-refractivity contribution >= 4 is 42.6 Å². The molecule has 1 aromatic heterocycles. The van der Waals surface area contributed by atoms with Gasteiger partial charge in [0.25, 0.3) is 5.91 Å². The van der Waals surface area contributed by atoms with Crippen LogP contribution in [0.4, 0.5) is 5.13 Å². The molecule has 2 unspecified atom stereocenters. The fraction of sp³-hybridized carbons (Fsp3) is 0.462. The predicted octanol–water partition coefficient (Wildman–Crippen LogP) is 3.62. The van der Waals surface area contributed by atoms with Crippen LogP contribution in [-0.2, 0) is 21.2 Å². The molecule has 10 heteroatoms. The van der Waals surface area contributed by atoms with Gasteiger partial charge in [-0.2, -0.15) is 4.31 Å². The van der Waals surface area contributed by atoms with Crippen molar-refractivity contribution in [2.24, 2.45) is 0 Å². The van der Waals surface area contributed by atoms with Crippen LogP contribution in [0.1, 0.15) is 36.7 Å². The average molecular weight is 529 g/mol. The van der Waals surface area contributed by atoms with E-state index in [1.165, 1.54) is 26.7 Å². The smallest absolute Gasteiger partial charge is 0.253 e. The summed E-state index contributed by atoms with van der Waals surface area (Å²) in [6.07, 6.45) is 0.645. The molecule has 0 N–H and O–H groups in total. The van der Waals surface area contributed by atoms with Crippen LogP contribution in [0, 0.1) is 0 Å². The van der Waals surface area contributed by atoms with Crippen LogP contribution in [0.5, 0.6) is 0 Å². The van der Waals surface area contributed by atoms with E-state index in [4.69, 9.17) is 9.72 Å². The van der Waals surface area contributed by atoms with Crippen LogP contribution in [0.3, 0.4) is 0 Å². The Kier molecular flexibility index (Phi) is 7.04. The molecule has 2 aromatic carbocycles. The van der Waals surface area contributed by atoms with Crippen molar-refractivity contribution in [2.75, 3.05) is 44.2 Å². The molecule has 3 aromatic rings. The number of aromatic nitrogens is 1. The summed E-state index contributed by atoms with van der Waals surface area (Å²) in [5.74, 6) is -0.0789. The molecule has 192 valence electrons. The van der Waals surface area contributed by atoms with Gasteiger partial charge in [-0.15, -0.1) is 0 Å². The van der Waals surface area contributed by atoms with E-state index in [-0.39, 0.29) is 23.0 Å². The Balaban J connectivity index is 1.23. The number of carbonyl (C=O) groups is 1. The Morgan fingerprint density at radius 1 is 1.03 bits per heavy atom. The van der Waals surface area contributed by atoms with Crippen molar-refractivity contribution in [1.82, 2.24) is 14.2 Å². The highest BCUT2D eigenvalue weighted by molar-refractivity contribution is 7.89. The Bertz CT molecular complexity index is 1340. The minimum Gasteiger partial charge on any atom is -0.373 e. The first-order valence-electron chi connectivity index (χ1n) is 12.4. The van der Waals surface area contributed by atoms with Crippen molar-refractivity contribution in [3.8, 4) is 0 Å². The van der Waals surface area contributed by atoms with Gasteiger partial charge in [-0.25, -0.2) is 13.4 Å². The predicted molar refractivity (Wildman–Crippen MR) is 142 cm³/mol. The molecule has 36 heavy (non-hydrogen) atoms. The lowest BCUT2D eigenvalue weighted by Crippen LogP contribution is -2.48. The van der Waals surface area contributed by atoms with E-state index in [9.17, 15) is 13.2 Å². The number of amides is 1. The number of nitrogens with zero attached hydrogens (tertiary/aromatic N) is 4. The van der Waals surface area contributed by atoms with Crippen LogP contribution in [-0.4, -0.2) is 80.0 Å². The number of benzene rings is 2. The lowest BCUT2D eigenvalue weighted by Gasteiger charge is -2.35. The summed E-state index contributed by atoms with van der Waals surface area (Å²) in [4.78, 5) is 22.3. The fourth-order valence-electron chi connectivity index (χ4n) is 4.94. The van der Waals surface area contributed by atoms with Gasteiger partial charge in [0.05, 0.1) is 27.3 Å². The normalized spacial score (nSPS) is 21.8. The monoisotopic (exact) mass is 528 g/mol. The zero-order valence-electron chi connectivity index (χ0n) is 20.9. The first-order valence-corrected chi connectivity index (χ1v) is 14.7. The molecule has 3 heterocycles. The van der Waals surface area contributed by atoms with Crippen LogP contribution < -0.4 is 4.90 Å². The maximum Gasteiger partial charge on any atom is 0.253 e. The Morgan fingerprint density at radius 3 is 2.33 bits per heavy atom. The number of anilines is 1. The number of ether oxygens (including phenoxy) is 1. The maximum absolute atomic E-state index is 13.1. The number of para-hydroxylation sites is 1. The van der Waals surface area contributed by atoms with E-state index in [0.29, 0.717) is 44.8 Å². The zero-order chi connectivity index (χ0) is 25.4. The van der Waals surface area contributed by atoms with Gasteiger partial charge in [0, 0.05) is 44.8 Å². The molecule has 8 nitrogen and oxygen atoms in total. The summed E-state index contributed by atoms with van der Waals surface area (Å²) in [5.41, 5.74) is 2.83. The van der Waals surface area contributed by atoms with Crippen molar-refractivity contribution in [3.05, 3.63) is 53.6 Å². The molecule has 0 spiro atoms. The fourth-order valence-corrected chi connectivity index (χ4v) is 7.60. The van der Waals surface area contributed by atoms with Gasteiger partial charge in [0.1, 0.15) is 0 Å². The molecular formula is C26H32N4O4S2. The number of hydrogen-bond donors (Lipinski definition) is 0. The summed E-state index contributed by atoms with van der Waals surface area (Å²) < 4.78 is 34.5. The van der Waals surface area contributed by atoms with Gasteiger partial charge >= 0.3 is 0 Å².